The molecule has 1 aliphatic carbocycles. The first-order valence-corrected chi connectivity index (χ1v) is 20.1. The molecule has 12 rings (SSSR count). The van der Waals surface area contributed by atoms with Crippen molar-refractivity contribution in [1.82, 2.24) is 9.13 Å². The molecule has 0 bridgehead atoms. The smallest absolute Gasteiger partial charge is 0.0748 e. The van der Waals surface area contributed by atoms with E-state index in [4.69, 9.17) is 0 Å². The van der Waals surface area contributed by atoms with E-state index in [1.165, 1.54) is 99.5 Å². The van der Waals surface area contributed by atoms with Gasteiger partial charge in [0.2, 0.25) is 0 Å². The summed E-state index contributed by atoms with van der Waals surface area (Å²) in [5.74, 6) is 0.723. The summed E-state index contributed by atoms with van der Waals surface area (Å²) in [6.07, 6.45) is 1.08. The summed E-state index contributed by atoms with van der Waals surface area (Å²) in [4.78, 5) is 0. The number of hydrogen-bond donors (Lipinski definition) is 0. The number of aromatic nitrogens is 2. The second kappa shape index (κ2) is 11.7. The van der Waals surface area contributed by atoms with Crippen molar-refractivity contribution in [2.75, 3.05) is 0 Å². The van der Waals surface area contributed by atoms with Crippen LogP contribution < -0.4 is 0 Å². The number of para-hydroxylation sites is 5. The Hall–Kier alpha value is -6.64. The van der Waals surface area contributed by atoms with Crippen LogP contribution in [0, 0.1) is 0 Å². The van der Waals surface area contributed by atoms with E-state index in [0.29, 0.717) is 11.8 Å². The monoisotopic (exact) mass is 716 g/mol. The van der Waals surface area contributed by atoms with Gasteiger partial charge in [-0.25, -0.2) is 0 Å². The first-order chi connectivity index (χ1) is 27.7. The average molecular weight is 717 g/mol. The van der Waals surface area contributed by atoms with E-state index in [1.54, 1.807) is 0 Å². The van der Waals surface area contributed by atoms with Crippen molar-refractivity contribution in [1.29, 1.82) is 0 Å². The minimum absolute atomic E-state index is 0.335. The third kappa shape index (κ3) is 4.01. The highest BCUT2D eigenvalue weighted by Crippen LogP contribution is 2.60. The van der Waals surface area contributed by atoms with Crippen LogP contribution in [0.15, 0.2) is 182 Å². The van der Waals surface area contributed by atoms with Crippen molar-refractivity contribution >= 4 is 43.6 Å². The molecule has 56 heavy (non-hydrogen) atoms. The molecule has 3 unspecified atom stereocenters. The summed E-state index contributed by atoms with van der Waals surface area (Å²) in [7, 11) is 0. The predicted molar refractivity (Wildman–Crippen MR) is 234 cm³/mol. The molecule has 1 spiro atoms. The molecule has 10 aromatic rings. The van der Waals surface area contributed by atoms with Crippen LogP contribution in [0.4, 0.5) is 0 Å². The van der Waals surface area contributed by atoms with Gasteiger partial charge >= 0.3 is 0 Å². The molecular formula is C54H40N2. The number of nitrogens with zero attached hydrogens (tertiary/aromatic N) is 2. The van der Waals surface area contributed by atoms with Gasteiger partial charge in [0.15, 0.2) is 0 Å². The van der Waals surface area contributed by atoms with Crippen molar-refractivity contribution in [2.45, 2.75) is 37.5 Å². The lowest BCUT2D eigenvalue weighted by molar-refractivity contribution is 0.561. The first-order valence-electron chi connectivity index (χ1n) is 20.1. The third-order valence-electron chi connectivity index (χ3n) is 13.4. The molecule has 0 fully saturated rings. The van der Waals surface area contributed by atoms with Crippen LogP contribution in [-0.2, 0) is 5.41 Å². The van der Waals surface area contributed by atoms with Crippen LogP contribution in [0.5, 0.6) is 0 Å². The number of rotatable bonds is 3. The van der Waals surface area contributed by atoms with Crippen molar-refractivity contribution in [3.8, 4) is 22.5 Å². The van der Waals surface area contributed by atoms with Gasteiger partial charge in [-0.1, -0.05) is 153 Å². The Balaban J connectivity index is 1.15. The van der Waals surface area contributed by atoms with E-state index in [2.05, 4.69) is 205 Å². The molecule has 0 N–H and O–H groups in total. The Morgan fingerprint density at radius 1 is 0.446 bits per heavy atom. The predicted octanol–water partition coefficient (Wildman–Crippen LogP) is 13.9. The molecule has 0 saturated carbocycles. The lowest BCUT2D eigenvalue weighted by Crippen LogP contribution is -2.36. The van der Waals surface area contributed by atoms with Crippen molar-refractivity contribution in [3.05, 3.63) is 215 Å². The average Bonchev–Trinajstić information content (AvgIpc) is 3.76. The Kier molecular flexibility index (Phi) is 6.61. The zero-order valence-corrected chi connectivity index (χ0v) is 31.6. The van der Waals surface area contributed by atoms with E-state index < -0.39 is 5.41 Å². The summed E-state index contributed by atoms with van der Waals surface area (Å²) in [6, 6.07) is 68.8. The van der Waals surface area contributed by atoms with E-state index >= 15 is 0 Å². The summed E-state index contributed by atoms with van der Waals surface area (Å²) >= 11 is 0. The van der Waals surface area contributed by atoms with Crippen LogP contribution in [0.1, 0.15) is 65.5 Å². The third-order valence-corrected chi connectivity index (χ3v) is 13.4. The lowest BCUT2D eigenvalue weighted by atomic mass is 9.61. The molecule has 2 nitrogen and oxygen atoms in total. The van der Waals surface area contributed by atoms with Gasteiger partial charge in [0, 0.05) is 27.2 Å². The van der Waals surface area contributed by atoms with Crippen molar-refractivity contribution < 1.29 is 0 Å². The topological polar surface area (TPSA) is 9.86 Å². The summed E-state index contributed by atoms with van der Waals surface area (Å²) < 4.78 is 4.95. The molecule has 8 aromatic carbocycles. The zero-order chi connectivity index (χ0) is 37.1. The Bertz CT molecular complexity index is 3160. The highest BCUT2D eigenvalue weighted by atomic mass is 15.0. The molecule has 2 aliphatic rings. The van der Waals surface area contributed by atoms with Crippen LogP contribution in [0.25, 0.3) is 66.1 Å². The maximum absolute atomic E-state index is 2.56. The van der Waals surface area contributed by atoms with Gasteiger partial charge in [-0.3, -0.25) is 0 Å². The largest absolute Gasteiger partial charge is 0.309 e. The first kappa shape index (κ1) is 31.7. The van der Waals surface area contributed by atoms with Gasteiger partial charge < -0.3 is 9.13 Å². The normalized spacial score (nSPS) is 18.3. The fourth-order valence-electron chi connectivity index (χ4n) is 11.1. The maximum atomic E-state index is 2.56. The van der Waals surface area contributed by atoms with Gasteiger partial charge in [-0.15, -0.1) is 0 Å². The van der Waals surface area contributed by atoms with Crippen LogP contribution in [0.2, 0.25) is 0 Å². The summed E-state index contributed by atoms with van der Waals surface area (Å²) in [5.41, 5.74) is 17.8. The number of fused-ring (bicyclic) bond motifs is 14. The molecule has 2 aromatic heterocycles. The molecule has 0 amide bonds. The number of hydrogen-bond acceptors (Lipinski definition) is 0. The van der Waals surface area contributed by atoms with Gasteiger partial charge in [-0.2, -0.15) is 0 Å². The molecule has 3 heterocycles. The molecule has 0 radical (unpaired) electrons. The van der Waals surface area contributed by atoms with Gasteiger partial charge in [0.25, 0.3) is 0 Å². The quantitative estimate of drug-likeness (QED) is 0.172. The Morgan fingerprint density at radius 3 is 1.71 bits per heavy atom. The van der Waals surface area contributed by atoms with E-state index in [1.807, 2.05) is 0 Å². The van der Waals surface area contributed by atoms with E-state index in [-0.39, 0.29) is 0 Å². The fourth-order valence-corrected chi connectivity index (χ4v) is 11.1. The van der Waals surface area contributed by atoms with Crippen LogP contribution >= 0.6 is 0 Å². The molecule has 1 aliphatic heterocycles. The Morgan fingerprint density at radius 2 is 1.00 bits per heavy atom. The van der Waals surface area contributed by atoms with E-state index in [0.717, 1.165) is 6.42 Å². The standard InChI is InChI=1S/C54H40N2/c1-3-38-34(2)39-32-29-36(35-27-30-37(31-28-35)55-49-23-10-5-16-41(49)42-17-6-11-24-50(42)55)33-48(39)54(45-20-8-4-15-40(38)45)46-21-9-13-26-52(46)56-51-25-12-7-18-43(51)44-19-14-22-47(54)53(44)56/h4-34,38H,3H2,1-2H3. The highest BCUT2D eigenvalue weighted by Gasteiger charge is 2.50. The van der Waals surface area contributed by atoms with Crippen molar-refractivity contribution in [2.24, 2.45) is 0 Å². The van der Waals surface area contributed by atoms with Gasteiger partial charge in [-0.05, 0) is 105 Å². The highest BCUT2D eigenvalue weighted by molar-refractivity contribution is 6.12. The molecule has 0 saturated heterocycles. The minimum Gasteiger partial charge on any atom is -0.309 e. The van der Waals surface area contributed by atoms with E-state index in [9.17, 15) is 0 Å². The second-order valence-corrected chi connectivity index (χ2v) is 15.9. The zero-order valence-electron chi connectivity index (χ0n) is 31.6. The van der Waals surface area contributed by atoms with Gasteiger partial charge in [0.05, 0.1) is 33.2 Å². The molecule has 3 atom stereocenters. The van der Waals surface area contributed by atoms with Crippen molar-refractivity contribution in [3.63, 3.8) is 0 Å². The Labute approximate surface area is 326 Å². The van der Waals surface area contributed by atoms with Crippen LogP contribution in [0.3, 0.4) is 0 Å². The lowest BCUT2D eigenvalue weighted by Gasteiger charge is -2.43. The van der Waals surface area contributed by atoms with Gasteiger partial charge in [0.1, 0.15) is 0 Å². The number of benzene rings is 8. The minimum atomic E-state index is -0.524. The summed E-state index contributed by atoms with van der Waals surface area (Å²) in [5, 5.41) is 5.18. The second-order valence-electron chi connectivity index (χ2n) is 15.9. The molecule has 266 valence electrons. The fraction of sp³-hybridized carbons (Fsp3) is 0.111. The SMILES string of the molecule is CCC1c2ccccc2C2(c3cc(-c4ccc(-n5c6ccccc6c6ccccc65)cc4)ccc3C1C)c1ccccc1-n1c3ccccc3c3cccc2c31. The molecule has 2 heteroatoms. The summed E-state index contributed by atoms with van der Waals surface area (Å²) in [6.45, 7) is 4.84. The maximum Gasteiger partial charge on any atom is 0.0748 e. The van der Waals surface area contributed by atoms with Crippen LogP contribution in [-0.4, -0.2) is 9.13 Å². The molecular weight excluding hydrogens is 677 g/mol.